The Labute approximate surface area is 93.8 Å². The first kappa shape index (κ1) is 12.2. The topological polar surface area (TPSA) is 33.7 Å². The average molecular weight is 236 g/mol. The van der Waals surface area contributed by atoms with E-state index in [-0.39, 0.29) is 19.1 Å². The standard InChI is InChI=1S/C10H18F2N2O2/c1-8-5-15-9(4-13-8)6-16-14-3-2-10(11,12)7-14/h8-9,13H,2-7H2,1H3. The van der Waals surface area contributed by atoms with Crippen molar-refractivity contribution >= 4 is 0 Å². The molecule has 2 aliphatic rings. The molecule has 6 heteroatoms. The molecule has 2 unspecified atom stereocenters. The fourth-order valence-corrected chi connectivity index (χ4v) is 1.84. The number of nitrogens with zero attached hydrogens (tertiary/aromatic N) is 1. The van der Waals surface area contributed by atoms with Gasteiger partial charge in [-0.05, 0) is 6.92 Å². The first-order valence-corrected chi connectivity index (χ1v) is 5.66. The van der Waals surface area contributed by atoms with E-state index in [2.05, 4.69) is 5.32 Å². The van der Waals surface area contributed by atoms with E-state index in [1.54, 1.807) is 0 Å². The van der Waals surface area contributed by atoms with Crippen molar-refractivity contribution < 1.29 is 18.4 Å². The zero-order valence-electron chi connectivity index (χ0n) is 9.42. The molecule has 2 saturated heterocycles. The Morgan fingerprint density at radius 3 is 2.94 bits per heavy atom. The van der Waals surface area contributed by atoms with Crippen LogP contribution in [0.4, 0.5) is 8.78 Å². The van der Waals surface area contributed by atoms with E-state index in [1.165, 1.54) is 5.06 Å². The molecule has 4 nitrogen and oxygen atoms in total. The summed E-state index contributed by atoms with van der Waals surface area (Å²) in [5.74, 6) is -2.60. The number of alkyl halides is 2. The molecule has 0 aromatic heterocycles. The minimum Gasteiger partial charge on any atom is -0.373 e. The van der Waals surface area contributed by atoms with Crippen LogP contribution in [0.25, 0.3) is 0 Å². The molecule has 0 aromatic rings. The highest BCUT2D eigenvalue weighted by Crippen LogP contribution is 2.26. The van der Waals surface area contributed by atoms with Crippen LogP contribution in [0.1, 0.15) is 13.3 Å². The van der Waals surface area contributed by atoms with Crippen LogP contribution >= 0.6 is 0 Å². The molecule has 2 fully saturated rings. The zero-order chi connectivity index (χ0) is 11.6. The molecule has 0 aliphatic carbocycles. The van der Waals surface area contributed by atoms with Crippen LogP contribution in [-0.2, 0) is 9.57 Å². The number of hydrogen-bond donors (Lipinski definition) is 1. The van der Waals surface area contributed by atoms with E-state index < -0.39 is 5.92 Å². The molecule has 94 valence electrons. The summed E-state index contributed by atoms with van der Waals surface area (Å²) >= 11 is 0. The fraction of sp³-hybridized carbons (Fsp3) is 1.00. The van der Waals surface area contributed by atoms with Crippen LogP contribution < -0.4 is 5.32 Å². The number of hydroxylamine groups is 2. The van der Waals surface area contributed by atoms with Gasteiger partial charge in [-0.2, -0.15) is 5.06 Å². The number of nitrogens with one attached hydrogen (secondary N) is 1. The first-order chi connectivity index (χ1) is 7.55. The third kappa shape index (κ3) is 3.35. The summed E-state index contributed by atoms with van der Waals surface area (Å²) in [5, 5.41) is 4.59. The Balaban J connectivity index is 1.65. The van der Waals surface area contributed by atoms with Gasteiger partial charge in [-0.1, -0.05) is 0 Å². The average Bonchev–Trinajstić information content (AvgIpc) is 2.58. The maximum atomic E-state index is 12.8. The molecule has 2 aliphatic heterocycles. The van der Waals surface area contributed by atoms with Gasteiger partial charge >= 0.3 is 0 Å². The highest BCUT2D eigenvalue weighted by Gasteiger charge is 2.39. The summed E-state index contributed by atoms with van der Waals surface area (Å²) < 4.78 is 31.2. The number of halogens is 2. The molecule has 0 spiro atoms. The minimum absolute atomic E-state index is 0.0366. The molecule has 16 heavy (non-hydrogen) atoms. The highest BCUT2D eigenvalue weighted by atomic mass is 19.3. The van der Waals surface area contributed by atoms with E-state index in [9.17, 15) is 8.78 Å². The van der Waals surface area contributed by atoms with E-state index >= 15 is 0 Å². The molecule has 2 atom stereocenters. The van der Waals surface area contributed by atoms with Gasteiger partial charge in [0, 0.05) is 25.6 Å². The smallest absolute Gasteiger partial charge is 0.264 e. The molecule has 1 N–H and O–H groups in total. The SMILES string of the molecule is CC1COC(CON2CCC(F)(F)C2)CN1. The quantitative estimate of drug-likeness (QED) is 0.779. The zero-order valence-corrected chi connectivity index (χ0v) is 9.42. The van der Waals surface area contributed by atoms with E-state index in [0.29, 0.717) is 32.3 Å². The third-order valence-electron chi connectivity index (χ3n) is 2.85. The van der Waals surface area contributed by atoms with Crippen molar-refractivity contribution in [1.29, 1.82) is 0 Å². The van der Waals surface area contributed by atoms with Crippen molar-refractivity contribution in [3.8, 4) is 0 Å². The monoisotopic (exact) mass is 236 g/mol. The van der Waals surface area contributed by atoms with Crippen LogP contribution in [0.5, 0.6) is 0 Å². The van der Waals surface area contributed by atoms with Crippen molar-refractivity contribution in [1.82, 2.24) is 10.4 Å². The van der Waals surface area contributed by atoms with Crippen LogP contribution in [-0.4, -0.2) is 56.0 Å². The number of hydrogen-bond acceptors (Lipinski definition) is 4. The van der Waals surface area contributed by atoms with Gasteiger partial charge in [0.1, 0.15) is 0 Å². The van der Waals surface area contributed by atoms with Crippen LogP contribution in [0.3, 0.4) is 0 Å². The van der Waals surface area contributed by atoms with E-state index in [1.807, 2.05) is 6.92 Å². The van der Waals surface area contributed by atoms with E-state index in [0.717, 1.165) is 0 Å². The highest BCUT2D eigenvalue weighted by molar-refractivity contribution is 4.78. The number of rotatable bonds is 3. The molecular formula is C10H18F2N2O2. The van der Waals surface area contributed by atoms with Crippen molar-refractivity contribution in [2.24, 2.45) is 0 Å². The van der Waals surface area contributed by atoms with Crippen LogP contribution in [0, 0.1) is 0 Å². The van der Waals surface area contributed by atoms with Crippen molar-refractivity contribution in [3.63, 3.8) is 0 Å². The maximum Gasteiger partial charge on any atom is 0.264 e. The second kappa shape index (κ2) is 4.91. The lowest BCUT2D eigenvalue weighted by atomic mass is 10.2. The summed E-state index contributed by atoms with van der Waals surface area (Å²) in [6, 6.07) is 0.354. The maximum absolute atomic E-state index is 12.8. The molecule has 0 amide bonds. The Bertz CT molecular complexity index is 233. The molecule has 0 saturated carbocycles. The Kier molecular flexibility index (Phi) is 3.73. The second-order valence-electron chi connectivity index (χ2n) is 4.53. The lowest BCUT2D eigenvalue weighted by molar-refractivity contribution is -0.187. The largest absolute Gasteiger partial charge is 0.373 e. The molecule has 2 heterocycles. The fourth-order valence-electron chi connectivity index (χ4n) is 1.84. The molecular weight excluding hydrogens is 218 g/mol. The Morgan fingerprint density at radius 1 is 1.56 bits per heavy atom. The minimum atomic E-state index is -2.60. The van der Waals surface area contributed by atoms with Crippen molar-refractivity contribution in [2.75, 3.05) is 32.8 Å². The lowest BCUT2D eigenvalue weighted by Gasteiger charge is -2.29. The summed E-state index contributed by atoms with van der Waals surface area (Å²) in [6.07, 6.45) is -0.154. The van der Waals surface area contributed by atoms with Gasteiger partial charge in [0.05, 0.1) is 25.9 Å². The van der Waals surface area contributed by atoms with Crippen molar-refractivity contribution in [2.45, 2.75) is 31.4 Å². The number of morpholine rings is 1. The predicted octanol–water partition coefficient (Wildman–Crippen LogP) is 0.636. The van der Waals surface area contributed by atoms with Gasteiger partial charge in [0.25, 0.3) is 5.92 Å². The van der Waals surface area contributed by atoms with Crippen molar-refractivity contribution in [3.05, 3.63) is 0 Å². The number of ether oxygens (including phenoxy) is 1. The Hall–Kier alpha value is -0.300. The molecule has 2 rings (SSSR count). The predicted molar refractivity (Wildman–Crippen MR) is 54.3 cm³/mol. The van der Waals surface area contributed by atoms with Gasteiger partial charge in [-0.15, -0.1) is 0 Å². The second-order valence-corrected chi connectivity index (χ2v) is 4.53. The first-order valence-electron chi connectivity index (χ1n) is 5.66. The van der Waals surface area contributed by atoms with Crippen LogP contribution in [0.2, 0.25) is 0 Å². The van der Waals surface area contributed by atoms with Gasteiger partial charge in [0.15, 0.2) is 0 Å². The van der Waals surface area contributed by atoms with Gasteiger partial charge in [0.2, 0.25) is 0 Å². The summed E-state index contributed by atoms with van der Waals surface area (Å²) in [6.45, 7) is 3.73. The Morgan fingerprint density at radius 2 is 2.38 bits per heavy atom. The van der Waals surface area contributed by atoms with Gasteiger partial charge in [-0.25, -0.2) is 8.78 Å². The molecule has 0 bridgehead atoms. The summed E-state index contributed by atoms with van der Waals surface area (Å²) in [4.78, 5) is 5.30. The summed E-state index contributed by atoms with van der Waals surface area (Å²) in [5.41, 5.74) is 0. The normalized spacial score (nSPS) is 35.4. The lowest BCUT2D eigenvalue weighted by Crippen LogP contribution is -2.47. The summed E-state index contributed by atoms with van der Waals surface area (Å²) in [7, 11) is 0. The van der Waals surface area contributed by atoms with Gasteiger partial charge < -0.3 is 10.1 Å². The van der Waals surface area contributed by atoms with E-state index in [4.69, 9.17) is 9.57 Å². The molecule has 0 aromatic carbocycles. The van der Waals surface area contributed by atoms with Gasteiger partial charge in [-0.3, -0.25) is 4.84 Å². The molecule has 0 radical (unpaired) electrons. The third-order valence-corrected chi connectivity index (χ3v) is 2.85. The van der Waals surface area contributed by atoms with Crippen LogP contribution in [0.15, 0.2) is 0 Å².